The molecule has 4 rings (SSSR count). The maximum atomic E-state index is 11.5. The first-order valence-electron chi connectivity index (χ1n) is 11.8. The van der Waals surface area contributed by atoms with Crippen LogP contribution in [0, 0.1) is 46.3 Å². The zero-order chi connectivity index (χ0) is 21.1. The van der Waals surface area contributed by atoms with Crippen molar-refractivity contribution >= 4 is 5.97 Å². The molecule has 4 aliphatic rings. The van der Waals surface area contributed by atoms with Gasteiger partial charge in [0.2, 0.25) is 0 Å². The predicted molar refractivity (Wildman–Crippen MR) is 107 cm³/mol. The molecule has 0 radical (unpaired) electrons. The molecule has 5 nitrogen and oxygen atoms in total. The van der Waals surface area contributed by atoms with E-state index in [0.717, 1.165) is 44.9 Å². The molecule has 11 atom stereocenters. The molecule has 3 N–H and O–H groups in total. The van der Waals surface area contributed by atoms with Crippen molar-refractivity contribution in [2.75, 3.05) is 0 Å². The molecule has 30 heavy (non-hydrogen) atoms. The van der Waals surface area contributed by atoms with Crippen LogP contribution >= 0.6 is 0 Å². The quantitative estimate of drug-likeness (QED) is 0.503. The van der Waals surface area contributed by atoms with Gasteiger partial charge in [0.1, 0.15) is 0 Å². The summed E-state index contributed by atoms with van der Waals surface area (Å²) in [5.74, 6) is 0.635. The van der Waals surface area contributed by atoms with E-state index in [9.17, 15) is 25.2 Å². The van der Waals surface area contributed by atoms with Crippen molar-refractivity contribution in [1.29, 1.82) is 0 Å². The number of aliphatic hydroxyl groups is 3. The van der Waals surface area contributed by atoms with E-state index < -0.39 is 12.1 Å². The van der Waals surface area contributed by atoms with Gasteiger partial charge in [-0.15, -0.1) is 0 Å². The van der Waals surface area contributed by atoms with E-state index in [1.807, 2.05) is 0 Å². The molecule has 0 aromatic heterocycles. The second-order valence-corrected chi connectivity index (χ2v) is 11.4. The Hall–Kier alpha value is 0.350. The summed E-state index contributed by atoms with van der Waals surface area (Å²) in [5, 5.41) is 43.9. The van der Waals surface area contributed by atoms with Crippen molar-refractivity contribution in [3.8, 4) is 0 Å². The summed E-state index contributed by atoms with van der Waals surface area (Å²) in [6.45, 7) is 6.67. The molecule has 0 spiro atoms. The van der Waals surface area contributed by atoms with Crippen molar-refractivity contribution < 1.29 is 54.8 Å². The average Bonchev–Trinajstić information content (AvgIpc) is 3.01. The Kier molecular flexibility index (Phi) is 7.45. The molecule has 0 heterocycles. The molecule has 0 bridgehead atoms. The van der Waals surface area contributed by atoms with Gasteiger partial charge in [0, 0.05) is 5.97 Å². The molecular formula is C24H39NaO5. The minimum absolute atomic E-state index is 0. The Bertz CT molecular complexity index is 643. The largest absolute Gasteiger partial charge is 1.00 e. The van der Waals surface area contributed by atoms with E-state index in [2.05, 4.69) is 20.8 Å². The van der Waals surface area contributed by atoms with E-state index >= 15 is 0 Å². The second-order valence-electron chi connectivity index (χ2n) is 11.4. The summed E-state index contributed by atoms with van der Waals surface area (Å²) in [4.78, 5) is 11.0. The number of hydrogen-bond donors (Lipinski definition) is 3. The summed E-state index contributed by atoms with van der Waals surface area (Å²) in [7, 11) is 0. The van der Waals surface area contributed by atoms with Crippen LogP contribution in [0.15, 0.2) is 0 Å². The Labute approximate surface area is 203 Å². The van der Waals surface area contributed by atoms with Crippen LogP contribution in [0.4, 0.5) is 0 Å². The fourth-order valence-corrected chi connectivity index (χ4v) is 8.68. The van der Waals surface area contributed by atoms with E-state index in [1.54, 1.807) is 0 Å². The predicted octanol–water partition coefficient (Wildman–Crippen LogP) is -0.882. The van der Waals surface area contributed by atoms with Crippen LogP contribution in [0.3, 0.4) is 0 Å². The summed E-state index contributed by atoms with van der Waals surface area (Å²) in [5.41, 5.74) is -0.172. The Morgan fingerprint density at radius 3 is 2.43 bits per heavy atom. The smallest absolute Gasteiger partial charge is 0.550 e. The fourth-order valence-electron chi connectivity index (χ4n) is 8.68. The van der Waals surface area contributed by atoms with Crippen molar-refractivity contribution in [3.63, 3.8) is 0 Å². The normalized spacial score (nSPS) is 51.1. The number of hydrogen-bond acceptors (Lipinski definition) is 5. The van der Waals surface area contributed by atoms with Crippen molar-refractivity contribution in [2.24, 2.45) is 46.3 Å². The van der Waals surface area contributed by atoms with Crippen LogP contribution in [-0.2, 0) is 4.79 Å². The number of carbonyl (C=O) groups is 1. The molecule has 0 aromatic carbocycles. The van der Waals surface area contributed by atoms with Gasteiger partial charge in [0.25, 0.3) is 0 Å². The summed E-state index contributed by atoms with van der Waals surface area (Å²) < 4.78 is 0. The van der Waals surface area contributed by atoms with Crippen molar-refractivity contribution in [1.82, 2.24) is 0 Å². The standard InChI is InChI=1S/C24H40O5.Na/c1-13(4-7-21(28)29)16-5-6-17-22-18(12-20(27)24(16,17)3)23(2)9-8-15(25)10-14(23)11-19(22)26;/h13-20,22,25-27H,4-12H2,1-3H3,(H,28,29);/q;+1/p-1/t13-,14+,15-,16-,17?,18?,19?,20+,22?,23+,24-;/m1./s1. The third-order valence-electron chi connectivity index (χ3n) is 10.3. The van der Waals surface area contributed by atoms with Gasteiger partial charge in [-0.2, -0.15) is 0 Å². The number of carboxylic acids is 1. The van der Waals surface area contributed by atoms with Crippen LogP contribution in [0.2, 0.25) is 0 Å². The molecule has 4 aliphatic carbocycles. The Balaban J connectivity index is 0.00000256. The zero-order valence-corrected chi connectivity index (χ0v) is 21.2. The van der Waals surface area contributed by atoms with Gasteiger partial charge in [-0.3, -0.25) is 0 Å². The maximum absolute atomic E-state index is 11.5. The van der Waals surface area contributed by atoms with Gasteiger partial charge in [-0.25, -0.2) is 0 Å². The van der Waals surface area contributed by atoms with Crippen LogP contribution in [0.25, 0.3) is 0 Å². The third kappa shape index (κ3) is 3.84. The van der Waals surface area contributed by atoms with Gasteiger partial charge in [0.15, 0.2) is 0 Å². The first-order chi connectivity index (χ1) is 13.6. The summed E-state index contributed by atoms with van der Waals surface area (Å²) >= 11 is 0. The molecule has 0 saturated heterocycles. The first-order valence-corrected chi connectivity index (χ1v) is 11.8. The topological polar surface area (TPSA) is 101 Å². The number of aliphatic hydroxyl groups excluding tert-OH is 3. The SMILES string of the molecule is C[C@H](CCC(=O)[O-])[C@H]1CCC2C3C(O)C[C@@H]4C[C@H](O)CC[C@]4(C)C3C[C@H](O)[C@@]21C.[Na+]. The zero-order valence-electron chi connectivity index (χ0n) is 19.2. The Morgan fingerprint density at radius 1 is 1.07 bits per heavy atom. The van der Waals surface area contributed by atoms with Gasteiger partial charge in [-0.05, 0) is 104 Å². The molecule has 0 aliphatic heterocycles. The first kappa shape index (κ1) is 25.0. The van der Waals surface area contributed by atoms with E-state index in [0.29, 0.717) is 18.3 Å². The number of aliphatic carboxylic acids is 1. The van der Waals surface area contributed by atoms with E-state index in [1.165, 1.54) is 0 Å². The summed E-state index contributed by atoms with van der Waals surface area (Å²) in [6.07, 6.45) is 5.72. The molecule has 166 valence electrons. The second kappa shape index (κ2) is 8.95. The van der Waals surface area contributed by atoms with Crippen LogP contribution in [-0.4, -0.2) is 39.6 Å². The van der Waals surface area contributed by atoms with Crippen LogP contribution in [0.5, 0.6) is 0 Å². The van der Waals surface area contributed by atoms with Crippen molar-refractivity contribution in [2.45, 2.75) is 96.9 Å². The molecule has 6 heteroatoms. The monoisotopic (exact) mass is 430 g/mol. The van der Waals surface area contributed by atoms with Gasteiger partial charge < -0.3 is 25.2 Å². The number of fused-ring (bicyclic) bond motifs is 5. The number of carbonyl (C=O) groups excluding carboxylic acids is 1. The van der Waals surface area contributed by atoms with Gasteiger partial charge >= 0.3 is 29.6 Å². The summed E-state index contributed by atoms with van der Waals surface area (Å²) in [6, 6.07) is 0. The molecule has 0 amide bonds. The molecule has 4 saturated carbocycles. The molecular weight excluding hydrogens is 391 g/mol. The third-order valence-corrected chi connectivity index (χ3v) is 10.3. The average molecular weight is 431 g/mol. The maximum Gasteiger partial charge on any atom is 1.00 e. The molecule has 0 aromatic rings. The number of carboxylic acid groups (broad SMARTS) is 1. The molecule has 4 fully saturated rings. The fraction of sp³-hybridized carbons (Fsp3) is 0.958. The van der Waals surface area contributed by atoms with Crippen LogP contribution in [0.1, 0.15) is 78.6 Å². The van der Waals surface area contributed by atoms with Crippen LogP contribution < -0.4 is 34.7 Å². The number of rotatable bonds is 4. The Morgan fingerprint density at radius 2 is 1.77 bits per heavy atom. The van der Waals surface area contributed by atoms with E-state index in [-0.39, 0.29) is 82.7 Å². The van der Waals surface area contributed by atoms with Gasteiger partial charge in [-0.1, -0.05) is 20.8 Å². The van der Waals surface area contributed by atoms with E-state index in [4.69, 9.17) is 0 Å². The molecule has 4 unspecified atom stereocenters. The minimum Gasteiger partial charge on any atom is -0.550 e. The minimum atomic E-state index is -0.998. The van der Waals surface area contributed by atoms with Crippen molar-refractivity contribution in [3.05, 3.63) is 0 Å². The van der Waals surface area contributed by atoms with Gasteiger partial charge in [0.05, 0.1) is 18.3 Å².